The number of halogens is 2. The van der Waals surface area contributed by atoms with Gasteiger partial charge in [-0.2, -0.15) is 0 Å². The van der Waals surface area contributed by atoms with E-state index in [0.717, 1.165) is 5.56 Å². The van der Waals surface area contributed by atoms with Gasteiger partial charge in [0.1, 0.15) is 5.75 Å². The average Bonchev–Trinajstić information content (AvgIpc) is 2.76. The van der Waals surface area contributed by atoms with Crippen molar-refractivity contribution in [2.24, 2.45) is 10.9 Å². The molecule has 0 spiro atoms. The van der Waals surface area contributed by atoms with E-state index < -0.39 is 20.8 Å². The van der Waals surface area contributed by atoms with E-state index in [0.29, 0.717) is 23.6 Å². The van der Waals surface area contributed by atoms with Crippen molar-refractivity contribution in [1.82, 2.24) is 0 Å². The molecule has 0 amide bonds. The fourth-order valence-corrected chi connectivity index (χ4v) is 5.41. The van der Waals surface area contributed by atoms with Gasteiger partial charge in [0.05, 0.1) is 6.04 Å². The Morgan fingerprint density at radius 2 is 1.34 bits per heavy atom. The number of benzene rings is 1. The van der Waals surface area contributed by atoms with Crippen LogP contribution in [0.5, 0.6) is 5.75 Å². The van der Waals surface area contributed by atoms with Crippen LogP contribution in [0.3, 0.4) is 0 Å². The van der Waals surface area contributed by atoms with Crippen LogP contribution in [-0.2, 0) is 20.8 Å². The topological polar surface area (TPSA) is 32.6 Å². The third kappa shape index (κ3) is 10.2. The number of aromatic hydroxyl groups is 1. The van der Waals surface area contributed by atoms with Gasteiger partial charge in [0.15, 0.2) is 0 Å². The van der Waals surface area contributed by atoms with Crippen LogP contribution >= 0.6 is 17.0 Å². The van der Waals surface area contributed by atoms with E-state index in [9.17, 15) is 5.11 Å². The molecule has 0 bridgehead atoms. The minimum absolute atomic E-state index is 0.424. The summed E-state index contributed by atoms with van der Waals surface area (Å²) in [4.78, 5) is 4.92. The number of phenolic OH excluding ortho intramolecular Hbond substituents is 1. The van der Waals surface area contributed by atoms with Crippen molar-refractivity contribution in [2.75, 3.05) is 0 Å². The zero-order chi connectivity index (χ0) is 23.2. The predicted octanol–water partition coefficient (Wildman–Crippen LogP) is 9.46. The van der Waals surface area contributed by atoms with Crippen molar-refractivity contribution in [1.29, 1.82) is 0 Å². The number of phenols is 1. The van der Waals surface area contributed by atoms with Crippen LogP contribution in [0.15, 0.2) is 17.1 Å². The summed E-state index contributed by atoms with van der Waals surface area (Å²) in [5.41, 5.74) is 3.37. The molecule has 1 aromatic rings. The Kier molecular flexibility index (Phi) is 14.8. The Hall–Kier alpha value is 0.153. The van der Waals surface area contributed by atoms with E-state index in [1.165, 1.54) is 107 Å². The van der Waals surface area contributed by atoms with E-state index in [-0.39, 0.29) is 0 Å². The molecular formula is C27H43Cl2NOZr. The van der Waals surface area contributed by atoms with Gasteiger partial charge >= 0.3 is 37.9 Å². The first-order valence-corrected chi connectivity index (χ1v) is 19.2. The Labute approximate surface area is 215 Å². The second-order valence-electron chi connectivity index (χ2n) is 9.93. The standard InChI is InChI=1S/C27H43NO.2ClH.Zr/c1-21-18-24(20-28-26-17-13-12-14-22(26)2)27(29)25(19-21)23-15-10-8-6-4-3-5-7-9-11-16-23;;;/h18-20,22-23,26,29H,3-17H2,1-2H3;2*1H;/q;;;+2/p-2. The SMILES string of the molecule is Cc1cc(C=NC2CCCCC2C)c(O)c(C2CCCCCCCCCCC2)c1.[Cl][Zr][Cl]. The second-order valence-corrected chi connectivity index (χ2v) is 13.7. The van der Waals surface area contributed by atoms with Gasteiger partial charge in [-0.3, -0.25) is 4.99 Å². The summed E-state index contributed by atoms with van der Waals surface area (Å²) in [7, 11) is 9.87. The Morgan fingerprint density at radius 1 is 0.844 bits per heavy atom. The zero-order valence-electron chi connectivity index (χ0n) is 20.2. The third-order valence-electron chi connectivity index (χ3n) is 7.33. The predicted molar refractivity (Wildman–Crippen MR) is 137 cm³/mol. The van der Waals surface area contributed by atoms with Crippen LogP contribution in [0.2, 0.25) is 0 Å². The molecule has 2 aliphatic carbocycles. The molecule has 5 heteroatoms. The van der Waals surface area contributed by atoms with Gasteiger partial charge in [-0.15, -0.1) is 0 Å². The average molecular weight is 560 g/mol. The van der Waals surface area contributed by atoms with Gasteiger partial charge in [0.2, 0.25) is 0 Å². The maximum absolute atomic E-state index is 11.2. The molecule has 0 saturated heterocycles. The molecule has 2 nitrogen and oxygen atoms in total. The van der Waals surface area contributed by atoms with E-state index in [4.69, 9.17) is 22.0 Å². The van der Waals surface area contributed by atoms with E-state index in [2.05, 4.69) is 26.0 Å². The molecule has 2 unspecified atom stereocenters. The third-order valence-corrected chi connectivity index (χ3v) is 7.33. The number of aryl methyl sites for hydroxylation is 1. The molecule has 0 aromatic heterocycles. The summed E-state index contributed by atoms with van der Waals surface area (Å²) in [5.74, 6) is 1.66. The molecule has 0 aliphatic heterocycles. The quantitative estimate of drug-likeness (QED) is 0.368. The summed E-state index contributed by atoms with van der Waals surface area (Å²) < 4.78 is 0. The van der Waals surface area contributed by atoms with Crippen LogP contribution in [-0.4, -0.2) is 17.4 Å². The first-order valence-electron chi connectivity index (χ1n) is 12.9. The van der Waals surface area contributed by atoms with Crippen molar-refractivity contribution in [2.45, 2.75) is 122 Å². The molecule has 2 atom stereocenters. The fourth-order valence-electron chi connectivity index (χ4n) is 5.41. The van der Waals surface area contributed by atoms with Crippen molar-refractivity contribution in [3.8, 4) is 5.75 Å². The summed E-state index contributed by atoms with van der Waals surface area (Å²) in [6.07, 6.45) is 21.8. The summed E-state index contributed by atoms with van der Waals surface area (Å²) in [6.45, 7) is 4.49. The second kappa shape index (κ2) is 16.7. The molecule has 32 heavy (non-hydrogen) atoms. The van der Waals surface area contributed by atoms with E-state index in [1.54, 1.807) is 0 Å². The van der Waals surface area contributed by atoms with Crippen LogP contribution in [0, 0.1) is 12.8 Å². The number of aliphatic imine (C=N–C) groups is 1. The first kappa shape index (κ1) is 28.4. The van der Waals surface area contributed by atoms with Crippen molar-refractivity contribution in [3.05, 3.63) is 28.8 Å². The monoisotopic (exact) mass is 557 g/mol. The molecule has 2 aliphatic rings. The first-order chi connectivity index (χ1) is 15.6. The molecule has 180 valence electrons. The van der Waals surface area contributed by atoms with Crippen molar-refractivity contribution in [3.63, 3.8) is 0 Å². The summed E-state index contributed by atoms with van der Waals surface area (Å²) in [6, 6.07) is 4.78. The summed E-state index contributed by atoms with van der Waals surface area (Å²) in [5, 5.41) is 11.2. The minimum atomic E-state index is -0.826. The van der Waals surface area contributed by atoms with Crippen LogP contribution < -0.4 is 0 Å². The Bertz CT molecular complexity index is 670. The Balaban J connectivity index is 0.00000114. The Morgan fingerprint density at radius 3 is 1.91 bits per heavy atom. The molecule has 3 rings (SSSR count). The zero-order valence-corrected chi connectivity index (χ0v) is 24.2. The number of rotatable bonds is 3. The molecule has 2 saturated carbocycles. The van der Waals surface area contributed by atoms with Gasteiger partial charge in [-0.1, -0.05) is 83.6 Å². The number of hydrogen-bond acceptors (Lipinski definition) is 2. The molecular weight excluding hydrogens is 516 g/mol. The molecule has 1 N–H and O–H groups in total. The molecule has 0 heterocycles. The number of nitrogens with zero attached hydrogens (tertiary/aromatic N) is 1. The van der Waals surface area contributed by atoms with Gasteiger partial charge in [0, 0.05) is 11.8 Å². The van der Waals surface area contributed by atoms with E-state index >= 15 is 0 Å². The van der Waals surface area contributed by atoms with Crippen LogP contribution in [0.4, 0.5) is 0 Å². The van der Waals surface area contributed by atoms with Gasteiger partial charge < -0.3 is 5.11 Å². The molecule has 1 aromatic carbocycles. The van der Waals surface area contributed by atoms with Gasteiger partial charge in [-0.05, 0) is 61.6 Å². The normalized spacial score (nSPS) is 24.1. The fraction of sp³-hybridized carbons (Fsp3) is 0.741. The van der Waals surface area contributed by atoms with Crippen molar-refractivity contribution < 1.29 is 26.0 Å². The molecule has 2 fully saturated rings. The number of hydrogen-bond donors (Lipinski definition) is 1. The van der Waals surface area contributed by atoms with E-state index in [1.807, 2.05) is 6.21 Å². The van der Waals surface area contributed by atoms with Crippen molar-refractivity contribution >= 4 is 23.2 Å². The van der Waals surface area contributed by atoms with Gasteiger partial charge in [0.25, 0.3) is 0 Å². The summed E-state index contributed by atoms with van der Waals surface area (Å²) >= 11 is -0.826. The molecule has 0 radical (unpaired) electrons. The van der Waals surface area contributed by atoms with Gasteiger partial charge in [-0.25, -0.2) is 0 Å². The van der Waals surface area contributed by atoms with Crippen LogP contribution in [0.25, 0.3) is 0 Å². The van der Waals surface area contributed by atoms with Crippen LogP contribution in [0.1, 0.15) is 126 Å². The maximum atomic E-state index is 11.2.